The van der Waals surface area contributed by atoms with Crippen molar-refractivity contribution in [3.05, 3.63) is 47.3 Å². The van der Waals surface area contributed by atoms with Crippen LogP contribution in [0.5, 0.6) is 0 Å². The molecule has 4 heteroatoms. The maximum absolute atomic E-state index is 12.1. The van der Waals surface area contributed by atoms with Gasteiger partial charge in [0, 0.05) is 18.2 Å². The van der Waals surface area contributed by atoms with Gasteiger partial charge < -0.3 is 9.84 Å². The summed E-state index contributed by atoms with van der Waals surface area (Å²) in [5.74, 6) is 0.517. The van der Waals surface area contributed by atoms with Crippen LogP contribution in [0.2, 0.25) is 0 Å². The summed E-state index contributed by atoms with van der Waals surface area (Å²) in [6.45, 7) is 4.11. The molecule has 1 aromatic heterocycles. The van der Waals surface area contributed by atoms with E-state index in [1.165, 1.54) is 0 Å². The molecule has 0 atom stereocenters. The number of amides is 1. The number of benzene rings is 1. The van der Waals surface area contributed by atoms with Crippen molar-refractivity contribution in [2.24, 2.45) is 0 Å². The van der Waals surface area contributed by atoms with E-state index in [-0.39, 0.29) is 5.91 Å². The first-order valence-electron chi connectivity index (χ1n) is 6.59. The van der Waals surface area contributed by atoms with Crippen molar-refractivity contribution in [2.45, 2.75) is 33.1 Å². The lowest BCUT2D eigenvalue weighted by atomic mass is 10.1. The van der Waals surface area contributed by atoms with Gasteiger partial charge in [-0.3, -0.25) is 4.79 Å². The standard InChI is InChI=1S/C15H18N2O2/c1-3-7-12-10-14(17-19-12)15(18)16-13-9-6-5-8-11(13)4-2/h5-6,8-10H,3-4,7H2,1-2H3,(H,16,18). The van der Waals surface area contributed by atoms with Crippen molar-refractivity contribution in [3.63, 3.8) is 0 Å². The molecule has 0 saturated carbocycles. The molecule has 0 spiro atoms. The number of carbonyl (C=O) groups is 1. The van der Waals surface area contributed by atoms with E-state index < -0.39 is 0 Å². The Morgan fingerprint density at radius 3 is 2.84 bits per heavy atom. The van der Waals surface area contributed by atoms with Crippen LogP contribution in [0.3, 0.4) is 0 Å². The number of carbonyl (C=O) groups excluding carboxylic acids is 1. The van der Waals surface area contributed by atoms with E-state index in [9.17, 15) is 4.79 Å². The van der Waals surface area contributed by atoms with Crippen molar-refractivity contribution in [3.8, 4) is 0 Å². The molecule has 1 N–H and O–H groups in total. The average molecular weight is 258 g/mol. The van der Waals surface area contributed by atoms with E-state index >= 15 is 0 Å². The van der Waals surface area contributed by atoms with E-state index in [0.29, 0.717) is 5.69 Å². The van der Waals surface area contributed by atoms with E-state index in [1.807, 2.05) is 24.3 Å². The van der Waals surface area contributed by atoms with Crippen LogP contribution in [-0.4, -0.2) is 11.1 Å². The lowest BCUT2D eigenvalue weighted by Gasteiger charge is -2.07. The minimum absolute atomic E-state index is 0.230. The molecule has 19 heavy (non-hydrogen) atoms. The fraction of sp³-hybridized carbons (Fsp3) is 0.333. The topological polar surface area (TPSA) is 55.1 Å². The molecule has 1 heterocycles. The van der Waals surface area contributed by atoms with Gasteiger partial charge in [0.25, 0.3) is 5.91 Å². The molecule has 2 rings (SSSR count). The van der Waals surface area contributed by atoms with E-state index in [4.69, 9.17) is 4.52 Å². The summed E-state index contributed by atoms with van der Waals surface area (Å²) in [6, 6.07) is 9.46. The smallest absolute Gasteiger partial charge is 0.277 e. The highest BCUT2D eigenvalue weighted by atomic mass is 16.5. The molecule has 2 aromatic rings. The number of rotatable bonds is 5. The molecule has 0 radical (unpaired) electrons. The molecule has 0 aliphatic heterocycles. The third-order valence-electron chi connectivity index (χ3n) is 2.93. The van der Waals surface area contributed by atoms with Crippen LogP contribution in [0.25, 0.3) is 0 Å². The fourth-order valence-corrected chi connectivity index (χ4v) is 1.92. The Hall–Kier alpha value is -2.10. The van der Waals surface area contributed by atoms with E-state index in [0.717, 1.165) is 36.3 Å². The highest BCUT2D eigenvalue weighted by Gasteiger charge is 2.13. The maximum atomic E-state index is 12.1. The van der Waals surface area contributed by atoms with Gasteiger partial charge in [-0.15, -0.1) is 0 Å². The molecule has 0 saturated heterocycles. The van der Waals surface area contributed by atoms with Gasteiger partial charge in [-0.05, 0) is 24.5 Å². The minimum atomic E-state index is -0.230. The van der Waals surface area contributed by atoms with Gasteiger partial charge in [-0.25, -0.2) is 0 Å². The molecule has 100 valence electrons. The monoisotopic (exact) mass is 258 g/mol. The van der Waals surface area contributed by atoms with Crippen molar-refractivity contribution >= 4 is 11.6 Å². The van der Waals surface area contributed by atoms with Crippen LogP contribution in [0.1, 0.15) is 42.1 Å². The Kier molecular flexibility index (Phi) is 4.34. The maximum Gasteiger partial charge on any atom is 0.277 e. The number of hydrogen-bond acceptors (Lipinski definition) is 3. The zero-order valence-electron chi connectivity index (χ0n) is 11.3. The summed E-state index contributed by atoms with van der Waals surface area (Å²) in [5.41, 5.74) is 2.26. The second-order valence-corrected chi connectivity index (χ2v) is 4.39. The van der Waals surface area contributed by atoms with Crippen LogP contribution in [0.15, 0.2) is 34.9 Å². The Balaban J connectivity index is 2.11. The Morgan fingerprint density at radius 2 is 2.11 bits per heavy atom. The average Bonchev–Trinajstić information content (AvgIpc) is 2.88. The van der Waals surface area contributed by atoms with Crippen molar-refractivity contribution in [1.82, 2.24) is 5.16 Å². The van der Waals surface area contributed by atoms with Crippen LogP contribution < -0.4 is 5.32 Å². The van der Waals surface area contributed by atoms with Gasteiger partial charge in [-0.2, -0.15) is 0 Å². The molecule has 4 nitrogen and oxygen atoms in total. The molecule has 0 bridgehead atoms. The normalized spacial score (nSPS) is 10.4. The zero-order valence-corrected chi connectivity index (χ0v) is 11.3. The fourth-order valence-electron chi connectivity index (χ4n) is 1.92. The zero-order chi connectivity index (χ0) is 13.7. The number of aryl methyl sites for hydroxylation is 2. The van der Waals surface area contributed by atoms with Gasteiger partial charge in [0.05, 0.1) is 0 Å². The lowest BCUT2D eigenvalue weighted by molar-refractivity contribution is 0.101. The summed E-state index contributed by atoms with van der Waals surface area (Å²) in [7, 11) is 0. The van der Waals surface area contributed by atoms with Gasteiger partial charge in [0.15, 0.2) is 5.69 Å². The third kappa shape index (κ3) is 3.22. The Bertz CT molecular complexity index is 561. The molecule has 0 aliphatic rings. The van der Waals surface area contributed by atoms with E-state index in [1.54, 1.807) is 6.07 Å². The predicted octanol–water partition coefficient (Wildman–Crippen LogP) is 3.44. The summed E-state index contributed by atoms with van der Waals surface area (Å²) < 4.78 is 5.11. The number of para-hydroxylation sites is 1. The van der Waals surface area contributed by atoms with Crippen LogP contribution >= 0.6 is 0 Å². The molecule has 0 aliphatic carbocycles. The number of aromatic nitrogens is 1. The van der Waals surface area contributed by atoms with Crippen LogP contribution in [0.4, 0.5) is 5.69 Å². The van der Waals surface area contributed by atoms with Crippen molar-refractivity contribution < 1.29 is 9.32 Å². The summed E-state index contributed by atoms with van der Waals surface area (Å²) in [4.78, 5) is 12.1. The second-order valence-electron chi connectivity index (χ2n) is 4.39. The first-order valence-corrected chi connectivity index (χ1v) is 6.59. The molecule has 0 fully saturated rings. The summed E-state index contributed by atoms with van der Waals surface area (Å²) >= 11 is 0. The second kappa shape index (κ2) is 6.18. The molecule has 1 aromatic carbocycles. The third-order valence-corrected chi connectivity index (χ3v) is 2.93. The van der Waals surface area contributed by atoms with E-state index in [2.05, 4.69) is 24.3 Å². The van der Waals surface area contributed by atoms with Gasteiger partial charge in [0.1, 0.15) is 5.76 Å². The lowest BCUT2D eigenvalue weighted by Crippen LogP contribution is -2.13. The predicted molar refractivity (Wildman–Crippen MR) is 74.3 cm³/mol. The minimum Gasteiger partial charge on any atom is -0.361 e. The van der Waals surface area contributed by atoms with Crippen LogP contribution in [-0.2, 0) is 12.8 Å². The highest BCUT2D eigenvalue weighted by molar-refractivity contribution is 6.03. The summed E-state index contributed by atoms with van der Waals surface area (Å²) in [5, 5.41) is 6.67. The van der Waals surface area contributed by atoms with Crippen LogP contribution in [0, 0.1) is 0 Å². The largest absolute Gasteiger partial charge is 0.361 e. The number of hydrogen-bond donors (Lipinski definition) is 1. The first kappa shape index (κ1) is 13.3. The molecule has 1 amide bonds. The molecule has 0 unspecified atom stereocenters. The number of nitrogens with one attached hydrogen (secondary N) is 1. The number of anilines is 1. The van der Waals surface area contributed by atoms with Gasteiger partial charge >= 0.3 is 0 Å². The quantitative estimate of drug-likeness (QED) is 0.893. The molecular weight excluding hydrogens is 240 g/mol. The highest BCUT2D eigenvalue weighted by Crippen LogP contribution is 2.16. The Morgan fingerprint density at radius 1 is 1.32 bits per heavy atom. The summed E-state index contributed by atoms with van der Waals surface area (Å²) in [6.07, 6.45) is 2.64. The molecular formula is C15H18N2O2. The SMILES string of the molecule is CCCc1cc(C(=O)Nc2ccccc2CC)no1. The van der Waals surface area contributed by atoms with Crippen molar-refractivity contribution in [1.29, 1.82) is 0 Å². The number of nitrogens with zero attached hydrogens (tertiary/aromatic N) is 1. The van der Waals surface area contributed by atoms with Gasteiger partial charge in [-0.1, -0.05) is 37.2 Å². The Labute approximate surface area is 112 Å². The van der Waals surface area contributed by atoms with Gasteiger partial charge in [0.2, 0.25) is 0 Å². The van der Waals surface area contributed by atoms with Crippen molar-refractivity contribution in [2.75, 3.05) is 5.32 Å². The first-order chi connectivity index (χ1) is 9.24.